The first kappa shape index (κ1) is 33.7. The molecule has 0 unspecified atom stereocenters. The number of anilines is 1. The van der Waals surface area contributed by atoms with Gasteiger partial charge in [-0.3, -0.25) is 13.9 Å². The highest BCUT2D eigenvalue weighted by atomic mass is 35.5. The topological polar surface area (TPSA) is 86.8 Å². The maximum atomic E-state index is 13.9. The molecule has 0 fully saturated rings. The van der Waals surface area contributed by atoms with E-state index in [0.717, 1.165) is 18.2 Å². The number of hydrogen-bond donors (Lipinski definition) is 1. The minimum atomic E-state index is -3.64. The molecule has 0 aliphatic rings. The predicted molar refractivity (Wildman–Crippen MR) is 172 cm³/mol. The molecule has 0 saturated carbocycles. The van der Waals surface area contributed by atoms with Crippen LogP contribution >= 0.6 is 34.8 Å². The van der Waals surface area contributed by atoms with Crippen LogP contribution < -0.4 is 9.62 Å². The van der Waals surface area contributed by atoms with Crippen LogP contribution in [0.15, 0.2) is 72.8 Å². The molecule has 226 valence electrons. The quantitative estimate of drug-likeness (QED) is 0.209. The molecule has 3 rings (SSSR count). The molecule has 0 saturated heterocycles. The third kappa shape index (κ3) is 9.90. The lowest BCUT2D eigenvalue weighted by atomic mass is 10.0. The van der Waals surface area contributed by atoms with Crippen LogP contribution in [-0.2, 0) is 32.6 Å². The average Bonchev–Trinajstić information content (AvgIpc) is 2.93. The smallest absolute Gasteiger partial charge is 0.243 e. The van der Waals surface area contributed by atoms with Crippen molar-refractivity contribution in [3.05, 3.63) is 99.0 Å². The largest absolute Gasteiger partial charge is 0.352 e. The zero-order chi connectivity index (χ0) is 30.9. The Morgan fingerprint density at radius 3 is 2.24 bits per heavy atom. The fourth-order valence-corrected chi connectivity index (χ4v) is 6.07. The molecule has 42 heavy (non-hydrogen) atoms. The number of amides is 2. The number of nitrogens with one attached hydrogen (secondary N) is 1. The minimum absolute atomic E-state index is 0.000302. The first-order chi connectivity index (χ1) is 19.9. The van der Waals surface area contributed by atoms with Crippen LogP contribution in [-0.4, -0.2) is 50.0 Å². The molecule has 1 N–H and O–H groups in total. The Bertz CT molecular complexity index is 1470. The van der Waals surface area contributed by atoms with Crippen molar-refractivity contribution in [3.63, 3.8) is 0 Å². The molecule has 0 radical (unpaired) electrons. The number of nitrogens with zero attached hydrogens (tertiary/aromatic N) is 2. The summed E-state index contributed by atoms with van der Waals surface area (Å²) in [6, 6.07) is 20.1. The zero-order valence-corrected chi connectivity index (χ0v) is 27.0. The number of hydrogen-bond acceptors (Lipinski definition) is 4. The standard InChI is InChI=1S/C31H36Cl3N3O4S/c1-4-22(2)35-31(39)29(18-23-10-6-5-7-11-23)36(21-24-15-16-26(33)20-28(24)34)30(38)14-9-17-37(42(3,40)41)27-13-8-12-25(32)19-27/h5-8,10-13,15-16,19-20,22,29H,4,9,14,17-18,21H2,1-3H3,(H,35,39)/t22-,29+/m0/s1. The highest BCUT2D eigenvalue weighted by Gasteiger charge is 2.31. The van der Waals surface area contributed by atoms with E-state index in [0.29, 0.717) is 26.3 Å². The van der Waals surface area contributed by atoms with Gasteiger partial charge < -0.3 is 10.2 Å². The van der Waals surface area contributed by atoms with E-state index in [9.17, 15) is 18.0 Å². The van der Waals surface area contributed by atoms with Gasteiger partial charge in [-0.15, -0.1) is 0 Å². The molecule has 3 aromatic rings. The summed E-state index contributed by atoms with van der Waals surface area (Å²) in [7, 11) is -3.64. The van der Waals surface area contributed by atoms with Gasteiger partial charge in [-0.05, 0) is 61.2 Å². The second-order valence-corrected chi connectivity index (χ2v) is 13.4. The van der Waals surface area contributed by atoms with Crippen molar-refractivity contribution < 1.29 is 18.0 Å². The highest BCUT2D eigenvalue weighted by Crippen LogP contribution is 2.26. The summed E-state index contributed by atoms with van der Waals surface area (Å²) < 4.78 is 26.4. The van der Waals surface area contributed by atoms with E-state index in [-0.39, 0.29) is 50.2 Å². The fourth-order valence-electron chi connectivity index (χ4n) is 4.46. The van der Waals surface area contributed by atoms with Crippen LogP contribution in [0.25, 0.3) is 0 Å². The SMILES string of the molecule is CC[C@H](C)NC(=O)[C@@H](Cc1ccccc1)N(Cc1ccc(Cl)cc1Cl)C(=O)CCCN(c1cccc(Cl)c1)S(C)(=O)=O. The van der Waals surface area contributed by atoms with Crippen molar-refractivity contribution >= 4 is 62.3 Å². The molecule has 0 spiro atoms. The number of rotatable bonds is 14. The van der Waals surface area contributed by atoms with Gasteiger partial charge in [0.15, 0.2) is 0 Å². The summed E-state index contributed by atoms with van der Waals surface area (Å²) in [4.78, 5) is 29.1. The van der Waals surface area contributed by atoms with Crippen molar-refractivity contribution in [2.24, 2.45) is 0 Å². The van der Waals surface area contributed by atoms with E-state index in [2.05, 4.69) is 5.32 Å². The van der Waals surface area contributed by atoms with Gasteiger partial charge in [-0.2, -0.15) is 0 Å². The summed E-state index contributed by atoms with van der Waals surface area (Å²) in [5, 5.41) is 4.27. The van der Waals surface area contributed by atoms with Crippen molar-refractivity contribution in [1.82, 2.24) is 10.2 Å². The van der Waals surface area contributed by atoms with Crippen molar-refractivity contribution in [2.45, 2.75) is 58.2 Å². The number of carbonyl (C=O) groups is 2. The van der Waals surface area contributed by atoms with Gasteiger partial charge in [0.05, 0.1) is 11.9 Å². The Morgan fingerprint density at radius 1 is 0.929 bits per heavy atom. The summed E-state index contributed by atoms with van der Waals surface area (Å²) in [6.07, 6.45) is 2.34. The van der Waals surface area contributed by atoms with E-state index >= 15 is 0 Å². The lowest BCUT2D eigenvalue weighted by Gasteiger charge is -2.33. The molecule has 2 amide bonds. The zero-order valence-electron chi connectivity index (χ0n) is 23.9. The van der Waals surface area contributed by atoms with Gasteiger partial charge in [-0.1, -0.05) is 84.2 Å². The third-order valence-corrected chi connectivity index (χ3v) is 8.89. The van der Waals surface area contributed by atoms with Crippen LogP contribution in [0.1, 0.15) is 44.2 Å². The van der Waals surface area contributed by atoms with Crippen LogP contribution in [0.4, 0.5) is 5.69 Å². The van der Waals surface area contributed by atoms with Crippen LogP contribution in [0.5, 0.6) is 0 Å². The maximum absolute atomic E-state index is 13.9. The molecule has 11 heteroatoms. The molecule has 0 aliphatic carbocycles. The van der Waals surface area contributed by atoms with Gasteiger partial charge in [0.25, 0.3) is 0 Å². The van der Waals surface area contributed by atoms with Gasteiger partial charge in [0, 0.05) is 47.0 Å². The molecule has 2 atom stereocenters. The summed E-state index contributed by atoms with van der Waals surface area (Å²) in [6.45, 7) is 4.02. The number of benzene rings is 3. The maximum Gasteiger partial charge on any atom is 0.243 e. The average molecular weight is 653 g/mol. The summed E-state index contributed by atoms with van der Waals surface area (Å²) in [5.74, 6) is -0.580. The molecule has 0 bridgehead atoms. The van der Waals surface area contributed by atoms with Crippen LogP contribution in [0, 0.1) is 0 Å². The fraction of sp³-hybridized carbons (Fsp3) is 0.355. The predicted octanol–water partition coefficient (Wildman–Crippen LogP) is 6.75. The second-order valence-electron chi connectivity index (χ2n) is 10.2. The van der Waals surface area contributed by atoms with Crippen LogP contribution in [0.2, 0.25) is 15.1 Å². The summed E-state index contributed by atoms with van der Waals surface area (Å²) >= 11 is 18.7. The number of halogens is 3. The molecule has 0 aromatic heterocycles. The highest BCUT2D eigenvalue weighted by molar-refractivity contribution is 7.92. The minimum Gasteiger partial charge on any atom is -0.352 e. The molecule has 3 aromatic carbocycles. The Kier molecular flexibility index (Phi) is 12.5. The summed E-state index contributed by atoms with van der Waals surface area (Å²) in [5.41, 5.74) is 1.95. The lowest BCUT2D eigenvalue weighted by Crippen LogP contribution is -2.52. The normalized spacial score (nSPS) is 12.8. The van der Waals surface area contributed by atoms with Crippen molar-refractivity contribution in [2.75, 3.05) is 17.1 Å². The van der Waals surface area contributed by atoms with E-state index in [1.807, 2.05) is 44.2 Å². The van der Waals surface area contributed by atoms with E-state index in [4.69, 9.17) is 34.8 Å². The van der Waals surface area contributed by atoms with Crippen LogP contribution in [0.3, 0.4) is 0 Å². The second kappa shape index (κ2) is 15.6. The third-order valence-electron chi connectivity index (χ3n) is 6.88. The molecular formula is C31H36Cl3N3O4S. The van der Waals surface area contributed by atoms with Crippen molar-refractivity contribution in [3.8, 4) is 0 Å². The Labute approximate surface area is 263 Å². The van der Waals surface area contributed by atoms with Gasteiger partial charge in [0.1, 0.15) is 6.04 Å². The van der Waals surface area contributed by atoms with E-state index in [1.54, 1.807) is 42.5 Å². The first-order valence-corrected chi connectivity index (χ1v) is 16.7. The Hall–Kier alpha value is -2.78. The number of sulfonamides is 1. The van der Waals surface area contributed by atoms with Crippen molar-refractivity contribution in [1.29, 1.82) is 0 Å². The molecule has 0 aliphatic heterocycles. The van der Waals surface area contributed by atoms with E-state index in [1.165, 1.54) is 9.21 Å². The molecule has 7 nitrogen and oxygen atoms in total. The lowest BCUT2D eigenvalue weighted by molar-refractivity contribution is -0.141. The van der Waals surface area contributed by atoms with Gasteiger partial charge in [-0.25, -0.2) is 8.42 Å². The number of carbonyl (C=O) groups excluding carboxylic acids is 2. The monoisotopic (exact) mass is 651 g/mol. The first-order valence-electron chi connectivity index (χ1n) is 13.7. The molecular weight excluding hydrogens is 617 g/mol. The molecule has 0 heterocycles. The Balaban J connectivity index is 1.92. The van der Waals surface area contributed by atoms with Gasteiger partial charge >= 0.3 is 0 Å². The van der Waals surface area contributed by atoms with E-state index < -0.39 is 16.1 Å². The Morgan fingerprint density at radius 2 is 1.62 bits per heavy atom. The van der Waals surface area contributed by atoms with Gasteiger partial charge in [0.2, 0.25) is 21.8 Å².